The summed E-state index contributed by atoms with van der Waals surface area (Å²) < 4.78 is 5.20. The minimum Gasteiger partial charge on any atom is -0.459 e. The molecule has 0 radical (unpaired) electrons. The molecule has 3 atom stereocenters. The first-order chi connectivity index (χ1) is 9.15. The summed E-state index contributed by atoms with van der Waals surface area (Å²) in [5.41, 5.74) is 0.321. The second kappa shape index (κ2) is 6.38. The summed E-state index contributed by atoms with van der Waals surface area (Å²) in [7, 11) is 0. The monoisotopic (exact) mass is 278 g/mol. The van der Waals surface area contributed by atoms with Crippen LogP contribution in [-0.4, -0.2) is 17.9 Å². The Balaban J connectivity index is 2.68. The molecule has 0 amide bonds. The van der Waals surface area contributed by atoms with Crippen LogP contribution in [0.4, 0.5) is 0 Å². The van der Waals surface area contributed by atoms with E-state index in [2.05, 4.69) is 39.5 Å². The Morgan fingerprint density at radius 3 is 2.55 bits per heavy atom. The van der Waals surface area contributed by atoms with E-state index in [9.17, 15) is 9.59 Å². The largest absolute Gasteiger partial charge is 0.459 e. The molecule has 0 aliphatic heterocycles. The second-order valence-corrected chi connectivity index (χ2v) is 6.62. The van der Waals surface area contributed by atoms with Crippen molar-refractivity contribution in [2.24, 2.45) is 17.3 Å². The van der Waals surface area contributed by atoms with Gasteiger partial charge in [-0.25, -0.2) is 4.79 Å². The van der Waals surface area contributed by atoms with Gasteiger partial charge in [0.25, 0.3) is 0 Å². The molecule has 1 aliphatic rings. The van der Waals surface area contributed by atoms with Crippen LogP contribution in [0.2, 0.25) is 0 Å². The van der Waals surface area contributed by atoms with E-state index in [4.69, 9.17) is 4.74 Å². The van der Waals surface area contributed by atoms with Crippen molar-refractivity contribution in [3.8, 4) is 0 Å². The first kappa shape index (κ1) is 16.7. The molecule has 0 bridgehead atoms. The molecule has 0 heterocycles. The maximum atomic E-state index is 12.5. The standard InChI is InChI=1S/C17H26O3/c1-11(2)16(19)20-13(4)10-14(18)15-12(3)8-7-9-17(15,5)6/h7-8,12-13,15H,1,9-10H2,2-6H3/t12-,13?,15-/m1/s1. The molecular formula is C17H26O3. The smallest absolute Gasteiger partial charge is 0.333 e. The summed E-state index contributed by atoms with van der Waals surface area (Å²) in [5.74, 6) is -0.0382. The van der Waals surface area contributed by atoms with Gasteiger partial charge in [0, 0.05) is 17.9 Å². The first-order valence-corrected chi connectivity index (χ1v) is 7.21. The zero-order valence-electron chi connectivity index (χ0n) is 13.2. The van der Waals surface area contributed by atoms with Crippen LogP contribution < -0.4 is 0 Å². The zero-order chi connectivity index (χ0) is 15.5. The summed E-state index contributed by atoms with van der Waals surface area (Å²) in [6, 6.07) is 0. The predicted octanol–water partition coefficient (Wildman–Crippen LogP) is 3.69. The fourth-order valence-electron chi connectivity index (χ4n) is 3.00. The van der Waals surface area contributed by atoms with Crippen LogP contribution in [0.25, 0.3) is 0 Å². The van der Waals surface area contributed by atoms with Crippen molar-refractivity contribution < 1.29 is 14.3 Å². The van der Waals surface area contributed by atoms with Crippen molar-refractivity contribution in [1.29, 1.82) is 0 Å². The van der Waals surface area contributed by atoms with E-state index >= 15 is 0 Å². The molecule has 1 aliphatic carbocycles. The molecule has 0 fully saturated rings. The van der Waals surface area contributed by atoms with Crippen LogP contribution in [-0.2, 0) is 14.3 Å². The highest BCUT2D eigenvalue weighted by atomic mass is 16.5. The van der Waals surface area contributed by atoms with Gasteiger partial charge >= 0.3 is 5.97 Å². The molecule has 1 unspecified atom stereocenters. The van der Waals surface area contributed by atoms with Gasteiger partial charge in [-0.3, -0.25) is 4.79 Å². The predicted molar refractivity (Wildman–Crippen MR) is 80.2 cm³/mol. The molecule has 0 saturated carbocycles. The zero-order valence-corrected chi connectivity index (χ0v) is 13.2. The Kier molecular flexibility index (Phi) is 5.32. The van der Waals surface area contributed by atoms with Gasteiger partial charge < -0.3 is 4.74 Å². The molecule has 0 N–H and O–H groups in total. The van der Waals surface area contributed by atoms with Crippen LogP contribution in [0.15, 0.2) is 24.3 Å². The van der Waals surface area contributed by atoms with Gasteiger partial charge in [0.2, 0.25) is 0 Å². The van der Waals surface area contributed by atoms with Gasteiger partial charge in [0.1, 0.15) is 11.9 Å². The molecule has 0 spiro atoms. The number of ether oxygens (including phenoxy) is 1. The van der Waals surface area contributed by atoms with E-state index in [0.29, 0.717) is 5.57 Å². The fraction of sp³-hybridized carbons (Fsp3) is 0.647. The maximum Gasteiger partial charge on any atom is 0.333 e. The van der Waals surface area contributed by atoms with Crippen molar-refractivity contribution in [2.75, 3.05) is 0 Å². The summed E-state index contributed by atoms with van der Waals surface area (Å²) in [6.07, 6.45) is 5.04. The Morgan fingerprint density at radius 2 is 2.05 bits per heavy atom. The Bertz CT molecular complexity index is 432. The fourth-order valence-corrected chi connectivity index (χ4v) is 3.00. The number of Topliss-reactive ketones (excluding diaryl/α,β-unsaturated/α-hetero) is 1. The van der Waals surface area contributed by atoms with Crippen LogP contribution in [0.5, 0.6) is 0 Å². The molecule has 1 rings (SSSR count). The van der Waals surface area contributed by atoms with Crippen molar-refractivity contribution in [3.05, 3.63) is 24.3 Å². The highest BCUT2D eigenvalue weighted by Crippen LogP contribution is 2.41. The van der Waals surface area contributed by atoms with Gasteiger partial charge in [0.15, 0.2) is 0 Å². The van der Waals surface area contributed by atoms with E-state index in [-0.39, 0.29) is 29.5 Å². The average Bonchev–Trinajstić information content (AvgIpc) is 2.26. The lowest BCUT2D eigenvalue weighted by Gasteiger charge is -2.39. The Labute approximate surface area is 122 Å². The third-order valence-electron chi connectivity index (χ3n) is 3.94. The van der Waals surface area contributed by atoms with Gasteiger partial charge in [-0.2, -0.15) is 0 Å². The SMILES string of the molecule is C=C(C)C(=O)OC(C)CC(=O)[C@H]1[C@H](C)C=CCC1(C)C. The molecule has 20 heavy (non-hydrogen) atoms. The summed E-state index contributed by atoms with van der Waals surface area (Å²) in [4.78, 5) is 24.0. The molecule has 112 valence electrons. The van der Waals surface area contributed by atoms with Crippen LogP contribution in [0.1, 0.15) is 47.5 Å². The van der Waals surface area contributed by atoms with Gasteiger partial charge in [-0.1, -0.05) is 39.5 Å². The third kappa shape index (κ3) is 4.06. The maximum absolute atomic E-state index is 12.5. The number of rotatable bonds is 5. The molecule has 3 heteroatoms. The lowest BCUT2D eigenvalue weighted by Crippen LogP contribution is -2.38. The van der Waals surface area contributed by atoms with E-state index in [0.717, 1.165) is 6.42 Å². The quantitative estimate of drug-likeness (QED) is 0.437. The lowest BCUT2D eigenvalue weighted by atomic mass is 9.65. The summed E-state index contributed by atoms with van der Waals surface area (Å²) in [6.45, 7) is 13.2. The highest BCUT2D eigenvalue weighted by molar-refractivity contribution is 5.88. The van der Waals surface area contributed by atoms with E-state index in [1.54, 1.807) is 13.8 Å². The number of allylic oxidation sites excluding steroid dienone is 2. The topological polar surface area (TPSA) is 43.4 Å². The van der Waals surface area contributed by atoms with Crippen LogP contribution >= 0.6 is 0 Å². The van der Waals surface area contributed by atoms with Gasteiger partial charge in [-0.05, 0) is 31.6 Å². The van der Waals surface area contributed by atoms with E-state index in [1.165, 1.54) is 0 Å². The molecule has 0 aromatic heterocycles. The third-order valence-corrected chi connectivity index (χ3v) is 3.94. The Morgan fingerprint density at radius 1 is 1.45 bits per heavy atom. The number of ketones is 1. The molecule has 0 saturated heterocycles. The number of carbonyl (C=O) groups excluding carboxylic acids is 2. The Hall–Kier alpha value is -1.38. The van der Waals surface area contributed by atoms with Crippen molar-refractivity contribution in [3.63, 3.8) is 0 Å². The van der Waals surface area contributed by atoms with Gasteiger partial charge in [-0.15, -0.1) is 0 Å². The number of hydrogen-bond donors (Lipinski definition) is 0. The minimum absolute atomic E-state index is 0.0153. The second-order valence-electron chi connectivity index (χ2n) is 6.62. The first-order valence-electron chi connectivity index (χ1n) is 7.21. The van der Waals surface area contributed by atoms with Crippen molar-refractivity contribution in [2.45, 2.75) is 53.6 Å². The number of esters is 1. The summed E-state index contributed by atoms with van der Waals surface area (Å²) >= 11 is 0. The normalized spacial score (nSPS) is 25.9. The van der Waals surface area contributed by atoms with Gasteiger partial charge in [0.05, 0.1) is 0 Å². The van der Waals surface area contributed by atoms with E-state index in [1.807, 2.05) is 0 Å². The van der Waals surface area contributed by atoms with Crippen molar-refractivity contribution >= 4 is 11.8 Å². The highest BCUT2D eigenvalue weighted by Gasteiger charge is 2.39. The molecule has 0 aromatic rings. The van der Waals surface area contributed by atoms with E-state index < -0.39 is 12.1 Å². The molecular weight excluding hydrogens is 252 g/mol. The average molecular weight is 278 g/mol. The number of carbonyl (C=O) groups is 2. The van der Waals surface area contributed by atoms with Crippen molar-refractivity contribution in [1.82, 2.24) is 0 Å². The lowest BCUT2D eigenvalue weighted by molar-refractivity contribution is -0.145. The van der Waals surface area contributed by atoms with Crippen LogP contribution in [0.3, 0.4) is 0 Å². The summed E-state index contributed by atoms with van der Waals surface area (Å²) in [5, 5.41) is 0. The van der Waals surface area contributed by atoms with Crippen LogP contribution in [0, 0.1) is 17.3 Å². The molecule has 0 aromatic carbocycles. The molecule has 3 nitrogen and oxygen atoms in total. The minimum atomic E-state index is -0.429. The number of hydrogen-bond acceptors (Lipinski definition) is 3.